The SMILES string of the molecule is CCCCCC/C=C/OP(=O)(O)OCC[N+](C)(C)C. The Labute approximate surface area is 117 Å². The Hall–Kier alpha value is -0.350. The number of quaternary nitrogens is 1. The van der Waals surface area contributed by atoms with Crippen LogP contribution in [-0.2, 0) is 13.6 Å². The summed E-state index contributed by atoms with van der Waals surface area (Å²) in [5.74, 6) is 0. The maximum atomic E-state index is 11.5. The van der Waals surface area contributed by atoms with Gasteiger partial charge < -0.3 is 9.01 Å². The summed E-state index contributed by atoms with van der Waals surface area (Å²) in [5.41, 5.74) is 0. The third kappa shape index (κ3) is 13.9. The Kier molecular flexibility index (Phi) is 9.36. The summed E-state index contributed by atoms with van der Waals surface area (Å²) < 4.78 is 21.8. The maximum Gasteiger partial charge on any atom is 0.527 e. The van der Waals surface area contributed by atoms with Crippen molar-refractivity contribution in [3.63, 3.8) is 0 Å². The predicted octanol–water partition coefficient (Wildman–Crippen LogP) is 3.31. The molecule has 0 saturated carbocycles. The Morgan fingerprint density at radius 3 is 2.47 bits per heavy atom. The van der Waals surface area contributed by atoms with Crippen LogP contribution in [0.3, 0.4) is 0 Å². The molecule has 1 unspecified atom stereocenters. The lowest BCUT2D eigenvalue weighted by molar-refractivity contribution is -0.870. The van der Waals surface area contributed by atoms with Gasteiger partial charge in [0.05, 0.1) is 27.4 Å². The molecule has 114 valence electrons. The summed E-state index contributed by atoms with van der Waals surface area (Å²) in [5, 5.41) is 0. The second kappa shape index (κ2) is 9.54. The summed E-state index contributed by atoms with van der Waals surface area (Å²) >= 11 is 0. The normalized spacial score (nSPS) is 15.6. The van der Waals surface area contributed by atoms with Crippen LogP contribution in [0.1, 0.15) is 39.0 Å². The molecule has 0 heterocycles. The van der Waals surface area contributed by atoms with Gasteiger partial charge in [-0.1, -0.05) is 26.2 Å². The molecule has 0 aromatic rings. The first-order valence-corrected chi connectivity index (χ1v) is 8.37. The molecule has 0 radical (unpaired) electrons. The zero-order valence-corrected chi connectivity index (χ0v) is 13.6. The van der Waals surface area contributed by atoms with E-state index in [9.17, 15) is 9.46 Å². The van der Waals surface area contributed by atoms with Crippen LogP contribution >= 0.6 is 7.82 Å². The van der Waals surface area contributed by atoms with Crippen molar-refractivity contribution in [2.75, 3.05) is 34.3 Å². The van der Waals surface area contributed by atoms with Crippen LogP contribution in [0.25, 0.3) is 0 Å². The largest absolute Gasteiger partial charge is 0.527 e. The van der Waals surface area contributed by atoms with Crippen LogP contribution < -0.4 is 0 Å². The Balaban J connectivity index is 3.72. The highest BCUT2D eigenvalue weighted by molar-refractivity contribution is 7.47. The molecule has 0 aliphatic rings. The second-order valence-electron chi connectivity index (χ2n) is 5.64. The fourth-order valence-corrected chi connectivity index (χ4v) is 1.95. The first-order chi connectivity index (χ1) is 8.77. The Morgan fingerprint density at radius 2 is 1.89 bits per heavy atom. The lowest BCUT2D eigenvalue weighted by Gasteiger charge is -2.23. The fraction of sp³-hybridized carbons (Fsp3) is 0.846. The first-order valence-electron chi connectivity index (χ1n) is 6.88. The van der Waals surface area contributed by atoms with Crippen molar-refractivity contribution in [1.29, 1.82) is 0 Å². The minimum absolute atomic E-state index is 0.196. The molecule has 19 heavy (non-hydrogen) atoms. The van der Waals surface area contributed by atoms with E-state index in [-0.39, 0.29) is 6.61 Å². The molecule has 0 spiro atoms. The number of phosphoric acid groups is 1. The van der Waals surface area contributed by atoms with Crippen molar-refractivity contribution in [3.05, 3.63) is 12.3 Å². The molecular formula is C13H29NO4P+. The van der Waals surface area contributed by atoms with Gasteiger partial charge >= 0.3 is 7.82 Å². The molecule has 0 aliphatic heterocycles. The quantitative estimate of drug-likeness (QED) is 0.275. The van der Waals surface area contributed by atoms with E-state index >= 15 is 0 Å². The van der Waals surface area contributed by atoms with Gasteiger partial charge in [0.2, 0.25) is 0 Å². The van der Waals surface area contributed by atoms with Crippen molar-refractivity contribution in [1.82, 2.24) is 0 Å². The van der Waals surface area contributed by atoms with Crippen molar-refractivity contribution in [2.45, 2.75) is 39.0 Å². The van der Waals surface area contributed by atoms with Crippen molar-refractivity contribution >= 4 is 7.82 Å². The number of rotatable bonds is 11. The molecule has 1 N–H and O–H groups in total. The van der Waals surface area contributed by atoms with Gasteiger partial charge in [-0.3, -0.25) is 9.42 Å². The Morgan fingerprint density at radius 1 is 1.21 bits per heavy atom. The van der Waals surface area contributed by atoms with Gasteiger partial charge in [-0.2, -0.15) is 0 Å². The molecule has 0 fully saturated rings. The van der Waals surface area contributed by atoms with Crippen molar-refractivity contribution in [3.8, 4) is 0 Å². The first kappa shape index (κ1) is 18.7. The number of nitrogens with zero attached hydrogens (tertiary/aromatic N) is 1. The van der Waals surface area contributed by atoms with Gasteiger partial charge in [-0.05, 0) is 18.9 Å². The predicted molar refractivity (Wildman–Crippen MR) is 77.7 cm³/mol. The smallest absolute Gasteiger partial charge is 0.412 e. The van der Waals surface area contributed by atoms with Crippen LogP contribution in [0, 0.1) is 0 Å². The van der Waals surface area contributed by atoms with E-state index in [1.807, 2.05) is 21.1 Å². The molecule has 0 aliphatic carbocycles. The fourth-order valence-electron chi connectivity index (χ4n) is 1.34. The highest BCUT2D eigenvalue weighted by Crippen LogP contribution is 2.43. The van der Waals surface area contributed by atoms with E-state index in [4.69, 9.17) is 9.05 Å². The van der Waals surface area contributed by atoms with Gasteiger partial charge in [-0.15, -0.1) is 0 Å². The third-order valence-electron chi connectivity index (χ3n) is 2.53. The Bertz CT molecular complexity index is 300. The molecule has 1 atom stereocenters. The molecule has 0 rings (SSSR count). The summed E-state index contributed by atoms with van der Waals surface area (Å²) in [6, 6.07) is 0. The molecular weight excluding hydrogens is 265 g/mol. The highest BCUT2D eigenvalue weighted by Gasteiger charge is 2.21. The lowest BCUT2D eigenvalue weighted by Crippen LogP contribution is -2.37. The topological polar surface area (TPSA) is 55.8 Å². The average molecular weight is 294 g/mol. The third-order valence-corrected chi connectivity index (χ3v) is 3.43. The zero-order chi connectivity index (χ0) is 14.8. The molecule has 0 aromatic carbocycles. The van der Waals surface area contributed by atoms with Gasteiger partial charge in [-0.25, -0.2) is 4.57 Å². The van der Waals surface area contributed by atoms with Crippen LogP contribution in [0.15, 0.2) is 12.3 Å². The number of hydrogen-bond acceptors (Lipinski definition) is 3. The van der Waals surface area contributed by atoms with E-state index in [0.717, 1.165) is 12.8 Å². The summed E-state index contributed by atoms with van der Waals surface area (Å²) in [4.78, 5) is 9.40. The molecule has 0 aromatic heterocycles. The van der Waals surface area contributed by atoms with E-state index in [2.05, 4.69) is 6.92 Å². The minimum Gasteiger partial charge on any atom is -0.412 e. The summed E-state index contributed by atoms with van der Waals surface area (Å²) in [7, 11) is 2.03. The number of likely N-dealkylation sites (N-methyl/N-ethyl adjacent to an activating group) is 1. The lowest BCUT2D eigenvalue weighted by atomic mass is 10.2. The summed E-state index contributed by atoms with van der Waals surface area (Å²) in [6.07, 6.45) is 8.58. The van der Waals surface area contributed by atoms with Crippen LogP contribution in [0.2, 0.25) is 0 Å². The highest BCUT2D eigenvalue weighted by atomic mass is 31.2. The number of unbranched alkanes of at least 4 members (excludes halogenated alkanes) is 4. The molecule has 0 saturated heterocycles. The van der Waals surface area contributed by atoms with Gasteiger partial charge in [0.1, 0.15) is 13.2 Å². The molecule has 0 amide bonds. The van der Waals surface area contributed by atoms with Crippen molar-refractivity contribution in [2.24, 2.45) is 0 Å². The van der Waals surface area contributed by atoms with Crippen LogP contribution in [-0.4, -0.2) is 43.7 Å². The monoisotopic (exact) mass is 294 g/mol. The van der Waals surface area contributed by atoms with Crippen molar-refractivity contribution < 1.29 is 23.0 Å². The van der Waals surface area contributed by atoms with E-state index < -0.39 is 7.82 Å². The second-order valence-corrected chi connectivity index (χ2v) is 7.05. The van der Waals surface area contributed by atoms with Crippen LogP contribution in [0.4, 0.5) is 0 Å². The average Bonchev–Trinajstić information content (AvgIpc) is 2.25. The van der Waals surface area contributed by atoms with E-state index in [1.54, 1.807) is 6.08 Å². The number of allylic oxidation sites excluding steroid dienone is 1. The van der Waals surface area contributed by atoms with E-state index in [1.165, 1.54) is 25.5 Å². The molecule has 6 heteroatoms. The van der Waals surface area contributed by atoms with E-state index in [0.29, 0.717) is 11.0 Å². The minimum atomic E-state index is -3.94. The summed E-state index contributed by atoms with van der Waals surface area (Å²) in [6.45, 7) is 3.00. The molecule has 5 nitrogen and oxygen atoms in total. The van der Waals surface area contributed by atoms with Gasteiger partial charge in [0.25, 0.3) is 0 Å². The maximum absolute atomic E-state index is 11.5. The standard InChI is InChI=1S/C13H28NO4P/c1-5-6-7-8-9-10-12-17-19(15,16)18-13-11-14(2,3)4/h10,12H,5-9,11,13H2,1-4H3/p+1/b12-10+. The van der Waals surface area contributed by atoms with Gasteiger partial charge in [0.15, 0.2) is 0 Å². The molecule has 0 bridgehead atoms. The van der Waals surface area contributed by atoms with Gasteiger partial charge in [0, 0.05) is 0 Å². The number of phosphoric ester groups is 1. The van der Waals surface area contributed by atoms with Crippen LogP contribution in [0.5, 0.6) is 0 Å². The number of hydrogen-bond donors (Lipinski definition) is 1. The zero-order valence-electron chi connectivity index (χ0n) is 12.7.